The van der Waals surface area contributed by atoms with Crippen LogP contribution in [0, 0.1) is 0 Å². The van der Waals surface area contributed by atoms with Crippen molar-refractivity contribution in [3.8, 4) is 34.5 Å². The van der Waals surface area contributed by atoms with Crippen molar-refractivity contribution in [2.75, 3.05) is 42.7 Å². The molecule has 0 aliphatic rings. The van der Waals surface area contributed by atoms with Gasteiger partial charge in [0.25, 0.3) is 0 Å². The lowest BCUT2D eigenvalue weighted by atomic mass is 9.91. The van der Waals surface area contributed by atoms with Crippen LogP contribution in [0.15, 0.2) is 48.5 Å². The molecule has 0 saturated carbocycles. The molecule has 0 heterocycles. The van der Waals surface area contributed by atoms with Gasteiger partial charge in [0.15, 0.2) is 0 Å². The normalized spacial score (nSPS) is 11.5. The fourth-order valence-electron chi connectivity index (χ4n) is 3.90. The summed E-state index contributed by atoms with van der Waals surface area (Å²) in [5.74, 6) is 3.81. The highest BCUT2D eigenvalue weighted by Crippen LogP contribution is 2.39. The summed E-state index contributed by atoms with van der Waals surface area (Å²) in [4.78, 5) is 0. The summed E-state index contributed by atoms with van der Waals surface area (Å²) in [7, 11) is 9.59. The molecule has 0 bridgehead atoms. The number of benzene rings is 3. The maximum absolute atomic E-state index is 11.5. The van der Waals surface area contributed by atoms with Crippen LogP contribution < -0.4 is 28.4 Å². The molecular weight excluding hydrogens is 436 g/mol. The van der Waals surface area contributed by atoms with Crippen LogP contribution in [-0.4, -0.2) is 47.8 Å². The van der Waals surface area contributed by atoms with Crippen LogP contribution in [0.2, 0.25) is 0 Å². The fraction of sp³-hybridized carbons (Fsp3) is 0.333. The maximum atomic E-state index is 11.5. The number of ether oxygens (including phenoxy) is 6. The van der Waals surface area contributed by atoms with Crippen molar-refractivity contribution in [3.63, 3.8) is 0 Å². The molecule has 0 aromatic heterocycles. The monoisotopic (exact) mass is 468 g/mol. The van der Waals surface area contributed by atoms with Gasteiger partial charge >= 0.3 is 0 Å². The number of aryl methyl sites for hydroxylation is 2. The molecule has 0 radical (unpaired) electrons. The number of hydrogen-bond donors (Lipinski definition) is 1. The lowest BCUT2D eigenvalue weighted by Gasteiger charge is -2.21. The van der Waals surface area contributed by atoms with E-state index in [0.29, 0.717) is 47.0 Å². The Balaban J connectivity index is 2.04. The summed E-state index contributed by atoms with van der Waals surface area (Å²) in [5, 5.41) is 11.5. The highest BCUT2D eigenvalue weighted by Gasteiger charge is 2.23. The first kappa shape index (κ1) is 25.1. The quantitative estimate of drug-likeness (QED) is 0.441. The Hall–Kier alpha value is -3.58. The Morgan fingerprint density at radius 3 is 1.50 bits per heavy atom. The average molecular weight is 469 g/mol. The van der Waals surface area contributed by atoms with Gasteiger partial charge in [0, 0.05) is 23.8 Å². The third-order valence-electron chi connectivity index (χ3n) is 5.71. The second-order valence-corrected chi connectivity index (χ2v) is 7.67. The topological polar surface area (TPSA) is 75.6 Å². The van der Waals surface area contributed by atoms with E-state index in [-0.39, 0.29) is 0 Å². The minimum Gasteiger partial charge on any atom is -0.497 e. The number of aliphatic hydroxyl groups is 1. The minimum atomic E-state index is -0.972. The molecule has 1 N–H and O–H groups in total. The Bertz CT molecular complexity index is 1070. The molecule has 3 rings (SSSR count). The van der Waals surface area contributed by atoms with E-state index < -0.39 is 6.10 Å². The molecule has 0 aliphatic carbocycles. The second-order valence-electron chi connectivity index (χ2n) is 7.67. The van der Waals surface area contributed by atoms with E-state index in [1.165, 1.54) is 0 Å². The molecule has 3 aromatic rings. The van der Waals surface area contributed by atoms with Gasteiger partial charge in [-0.1, -0.05) is 0 Å². The van der Waals surface area contributed by atoms with Gasteiger partial charge in [0.1, 0.15) is 40.6 Å². The van der Waals surface area contributed by atoms with E-state index in [1.54, 1.807) is 66.9 Å². The Morgan fingerprint density at radius 2 is 1.03 bits per heavy atom. The number of aliphatic hydroxyl groups excluding tert-OH is 1. The standard InChI is InChI=1S/C27H32O7/c1-29-20-9-17(10-21(14-20)30-2)7-8-18-11-24(33-5)16-25(34-6)26(18)27(28)19-12-22(31-3)15-23(13-19)32-4/h9-16,27-28H,7-8H2,1-6H3. The summed E-state index contributed by atoms with van der Waals surface area (Å²) >= 11 is 0. The summed E-state index contributed by atoms with van der Waals surface area (Å²) in [6.45, 7) is 0. The van der Waals surface area contributed by atoms with Crippen LogP contribution >= 0.6 is 0 Å². The van der Waals surface area contributed by atoms with Crippen molar-refractivity contribution in [1.82, 2.24) is 0 Å². The van der Waals surface area contributed by atoms with Gasteiger partial charge in [-0.3, -0.25) is 0 Å². The minimum absolute atomic E-state index is 0.534. The van der Waals surface area contributed by atoms with Crippen molar-refractivity contribution in [1.29, 1.82) is 0 Å². The van der Waals surface area contributed by atoms with E-state index in [4.69, 9.17) is 28.4 Å². The first-order valence-corrected chi connectivity index (χ1v) is 10.8. The molecule has 0 fully saturated rings. The third kappa shape index (κ3) is 5.66. The fourth-order valence-corrected chi connectivity index (χ4v) is 3.90. The van der Waals surface area contributed by atoms with Crippen molar-refractivity contribution in [2.24, 2.45) is 0 Å². The van der Waals surface area contributed by atoms with E-state index in [0.717, 1.165) is 22.6 Å². The molecule has 0 saturated heterocycles. The van der Waals surface area contributed by atoms with Gasteiger partial charge < -0.3 is 33.5 Å². The van der Waals surface area contributed by atoms with Gasteiger partial charge in [0.05, 0.1) is 42.7 Å². The van der Waals surface area contributed by atoms with Crippen molar-refractivity contribution in [2.45, 2.75) is 18.9 Å². The first-order chi connectivity index (χ1) is 16.5. The Labute approximate surface area is 200 Å². The van der Waals surface area contributed by atoms with Crippen molar-refractivity contribution < 1.29 is 33.5 Å². The van der Waals surface area contributed by atoms with Gasteiger partial charge in [0.2, 0.25) is 0 Å². The summed E-state index contributed by atoms with van der Waals surface area (Å²) < 4.78 is 32.7. The van der Waals surface area contributed by atoms with Gasteiger partial charge in [-0.2, -0.15) is 0 Å². The van der Waals surface area contributed by atoms with Crippen LogP contribution in [0.5, 0.6) is 34.5 Å². The van der Waals surface area contributed by atoms with Crippen LogP contribution in [-0.2, 0) is 12.8 Å². The summed E-state index contributed by atoms with van der Waals surface area (Å²) in [6.07, 6.45) is 0.335. The van der Waals surface area contributed by atoms with E-state index in [1.807, 2.05) is 24.3 Å². The molecule has 1 atom stereocenters. The predicted molar refractivity (Wildman–Crippen MR) is 130 cm³/mol. The SMILES string of the molecule is COc1cc(CCc2cc(OC)cc(OC)c2C(O)c2cc(OC)cc(OC)c2)cc(OC)c1. The zero-order valence-electron chi connectivity index (χ0n) is 20.5. The number of hydrogen-bond acceptors (Lipinski definition) is 7. The second kappa shape index (κ2) is 11.5. The van der Waals surface area contributed by atoms with E-state index >= 15 is 0 Å². The predicted octanol–water partition coefficient (Wildman–Crippen LogP) is 4.61. The van der Waals surface area contributed by atoms with Crippen molar-refractivity contribution >= 4 is 0 Å². The molecule has 1 unspecified atom stereocenters. The molecule has 182 valence electrons. The zero-order valence-corrected chi connectivity index (χ0v) is 20.5. The summed E-state index contributed by atoms with van der Waals surface area (Å²) in [6, 6.07) is 14.8. The highest BCUT2D eigenvalue weighted by atomic mass is 16.5. The molecule has 0 spiro atoms. The number of methoxy groups -OCH3 is 6. The Morgan fingerprint density at radius 1 is 0.559 bits per heavy atom. The highest BCUT2D eigenvalue weighted by molar-refractivity contribution is 5.52. The average Bonchev–Trinajstić information content (AvgIpc) is 2.89. The molecule has 34 heavy (non-hydrogen) atoms. The largest absolute Gasteiger partial charge is 0.497 e. The molecule has 7 nitrogen and oxygen atoms in total. The van der Waals surface area contributed by atoms with Gasteiger partial charge in [-0.25, -0.2) is 0 Å². The van der Waals surface area contributed by atoms with Crippen LogP contribution in [0.3, 0.4) is 0 Å². The van der Waals surface area contributed by atoms with E-state index in [2.05, 4.69) is 0 Å². The maximum Gasteiger partial charge on any atom is 0.128 e. The van der Waals surface area contributed by atoms with Gasteiger partial charge in [-0.15, -0.1) is 0 Å². The number of rotatable bonds is 11. The van der Waals surface area contributed by atoms with Crippen LogP contribution in [0.25, 0.3) is 0 Å². The lowest BCUT2D eigenvalue weighted by Crippen LogP contribution is -2.09. The van der Waals surface area contributed by atoms with Crippen LogP contribution in [0.1, 0.15) is 28.4 Å². The molecule has 0 amide bonds. The van der Waals surface area contributed by atoms with E-state index in [9.17, 15) is 5.11 Å². The zero-order chi connectivity index (χ0) is 24.7. The van der Waals surface area contributed by atoms with Crippen LogP contribution in [0.4, 0.5) is 0 Å². The summed E-state index contributed by atoms with van der Waals surface area (Å²) in [5.41, 5.74) is 3.23. The van der Waals surface area contributed by atoms with Gasteiger partial charge in [-0.05, 0) is 59.9 Å². The first-order valence-electron chi connectivity index (χ1n) is 10.8. The van der Waals surface area contributed by atoms with Crippen molar-refractivity contribution in [3.05, 3.63) is 70.8 Å². The molecular formula is C27H32O7. The third-order valence-corrected chi connectivity index (χ3v) is 5.71. The smallest absolute Gasteiger partial charge is 0.128 e. The molecule has 3 aromatic carbocycles. The lowest BCUT2D eigenvalue weighted by molar-refractivity contribution is 0.212. The molecule has 7 heteroatoms. The molecule has 0 aliphatic heterocycles. The Kier molecular flexibility index (Phi) is 8.49.